The number of amides is 1. The maximum atomic E-state index is 12.6. The van der Waals surface area contributed by atoms with E-state index in [0.29, 0.717) is 13.1 Å². The lowest BCUT2D eigenvalue weighted by Crippen LogP contribution is -2.51. The second-order valence-corrected chi connectivity index (χ2v) is 9.27. The normalized spacial score (nSPS) is 15.8. The molecule has 7 heteroatoms. The predicted molar refractivity (Wildman–Crippen MR) is 109 cm³/mol. The highest BCUT2D eigenvalue weighted by Gasteiger charge is 2.27. The summed E-state index contributed by atoms with van der Waals surface area (Å²) in [5.41, 5.74) is 2.52. The van der Waals surface area contributed by atoms with Gasteiger partial charge in [0.2, 0.25) is 15.9 Å². The Morgan fingerprint density at radius 1 is 1.00 bits per heavy atom. The fourth-order valence-corrected chi connectivity index (χ4v) is 4.51. The smallest absolute Gasteiger partial charge is 0.243 e. The van der Waals surface area contributed by atoms with Crippen molar-refractivity contribution in [1.82, 2.24) is 14.1 Å². The fourth-order valence-electron chi connectivity index (χ4n) is 3.37. The molecular weight excluding hydrogens is 374 g/mol. The highest BCUT2D eigenvalue weighted by Crippen LogP contribution is 2.15. The van der Waals surface area contributed by atoms with E-state index in [0.717, 1.165) is 23.9 Å². The van der Waals surface area contributed by atoms with E-state index in [4.69, 9.17) is 0 Å². The molecule has 0 unspecified atom stereocenters. The molecule has 0 aliphatic carbocycles. The number of likely N-dealkylation sites (N-methyl/N-ethyl adjacent to an activating group) is 1. The SMILES string of the molecule is Cc1cccc(CN2CCN(C(=O)CN(C)S(=O)(=O)c3ccccc3)CC2)c1. The molecule has 28 heavy (non-hydrogen) atoms. The van der Waals surface area contributed by atoms with Crippen molar-refractivity contribution >= 4 is 15.9 Å². The van der Waals surface area contributed by atoms with Crippen molar-refractivity contribution < 1.29 is 13.2 Å². The Hall–Kier alpha value is -2.22. The molecule has 2 aromatic rings. The Morgan fingerprint density at radius 2 is 1.68 bits per heavy atom. The summed E-state index contributed by atoms with van der Waals surface area (Å²) >= 11 is 0. The molecule has 0 bridgehead atoms. The molecule has 0 aromatic heterocycles. The van der Waals surface area contributed by atoms with E-state index in [2.05, 4.69) is 36.1 Å². The van der Waals surface area contributed by atoms with Gasteiger partial charge in [0.15, 0.2) is 0 Å². The Balaban J connectivity index is 1.52. The topological polar surface area (TPSA) is 60.9 Å². The number of hydrogen-bond acceptors (Lipinski definition) is 4. The molecule has 1 fully saturated rings. The quantitative estimate of drug-likeness (QED) is 0.742. The summed E-state index contributed by atoms with van der Waals surface area (Å²) in [7, 11) is -2.20. The van der Waals surface area contributed by atoms with E-state index in [9.17, 15) is 13.2 Å². The number of hydrogen-bond donors (Lipinski definition) is 0. The van der Waals surface area contributed by atoms with Crippen LogP contribution in [-0.2, 0) is 21.4 Å². The summed E-state index contributed by atoms with van der Waals surface area (Å²) in [5.74, 6) is -0.155. The summed E-state index contributed by atoms with van der Waals surface area (Å²) in [4.78, 5) is 16.9. The molecule has 1 saturated heterocycles. The van der Waals surface area contributed by atoms with Gasteiger partial charge in [-0.15, -0.1) is 0 Å². The first-order valence-electron chi connectivity index (χ1n) is 9.43. The van der Waals surface area contributed by atoms with Crippen molar-refractivity contribution in [3.05, 3.63) is 65.7 Å². The van der Waals surface area contributed by atoms with Gasteiger partial charge in [-0.25, -0.2) is 8.42 Å². The zero-order chi connectivity index (χ0) is 20.1. The van der Waals surface area contributed by atoms with Crippen molar-refractivity contribution in [3.63, 3.8) is 0 Å². The van der Waals surface area contributed by atoms with Gasteiger partial charge in [0.1, 0.15) is 0 Å². The molecule has 0 atom stereocenters. The molecule has 1 amide bonds. The molecule has 6 nitrogen and oxygen atoms in total. The third-order valence-electron chi connectivity index (χ3n) is 5.02. The van der Waals surface area contributed by atoms with Crippen LogP contribution >= 0.6 is 0 Å². The lowest BCUT2D eigenvalue weighted by Gasteiger charge is -2.35. The zero-order valence-electron chi connectivity index (χ0n) is 16.4. The maximum Gasteiger partial charge on any atom is 0.243 e. The van der Waals surface area contributed by atoms with Crippen molar-refractivity contribution in [2.75, 3.05) is 39.8 Å². The van der Waals surface area contributed by atoms with Gasteiger partial charge in [-0.3, -0.25) is 9.69 Å². The van der Waals surface area contributed by atoms with Crippen molar-refractivity contribution in [1.29, 1.82) is 0 Å². The summed E-state index contributed by atoms with van der Waals surface area (Å²) < 4.78 is 26.3. The fraction of sp³-hybridized carbons (Fsp3) is 0.381. The highest BCUT2D eigenvalue weighted by molar-refractivity contribution is 7.89. The van der Waals surface area contributed by atoms with Gasteiger partial charge in [0.05, 0.1) is 11.4 Å². The predicted octanol–water partition coefficient (Wildman–Crippen LogP) is 1.96. The van der Waals surface area contributed by atoms with Crippen LogP contribution in [0.2, 0.25) is 0 Å². The number of nitrogens with zero attached hydrogens (tertiary/aromatic N) is 3. The third-order valence-corrected chi connectivity index (χ3v) is 6.84. The average Bonchev–Trinajstić information content (AvgIpc) is 2.69. The molecule has 1 aliphatic heterocycles. The van der Waals surface area contributed by atoms with Crippen molar-refractivity contribution in [2.24, 2.45) is 0 Å². The van der Waals surface area contributed by atoms with E-state index in [1.165, 1.54) is 18.2 Å². The first-order valence-corrected chi connectivity index (χ1v) is 10.9. The largest absolute Gasteiger partial charge is 0.339 e. The van der Waals surface area contributed by atoms with E-state index in [1.807, 2.05) is 0 Å². The Morgan fingerprint density at radius 3 is 2.32 bits per heavy atom. The average molecular weight is 402 g/mol. The van der Waals surface area contributed by atoms with Gasteiger partial charge >= 0.3 is 0 Å². The molecule has 3 rings (SSSR count). The Kier molecular flexibility index (Phi) is 6.49. The van der Waals surface area contributed by atoms with Crippen LogP contribution in [0.4, 0.5) is 0 Å². The first-order chi connectivity index (χ1) is 13.4. The minimum Gasteiger partial charge on any atom is -0.339 e. The summed E-state index contributed by atoms with van der Waals surface area (Å²) in [6, 6.07) is 16.6. The number of benzene rings is 2. The van der Waals surface area contributed by atoms with Gasteiger partial charge in [0.25, 0.3) is 0 Å². The number of carbonyl (C=O) groups excluding carboxylic acids is 1. The van der Waals surface area contributed by atoms with E-state index < -0.39 is 10.0 Å². The number of aryl methyl sites for hydroxylation is 1. The van der Waals surface area contributed by atoms with Gasteiger partial charge in [0, 0.05) is 39.8 Å². The van der Waals surface area contributed by atoms with E-state index in [1.54, 1.807) is 35.2 Å². The van der Waals surface area contributed by atoms with Gasteiger partial charge < -0.3 is 4.90 Å². The van der Waals surface area contributed by atoms with Gasteiger partial charge in [-0.05, 0) is 24.6 Å². The summed E-state index contributed by atoms with van der Waals surface area (Å²) in [6.07, 6.45) is 0. The van der Waals surface area contributed by atoms with Crippen LogP contribution in [0.5, 0.6) is 0 Å². The van der Waals surface area contributed by atoms with Crippen LogP contribution in [0.3, 0.4) is 0 Å². The Bertz CT molecular complexity index is 908. The lowest BCUT2D eigenvalue weighted by molar-refractivity contribution is -0.133. The number of piperazine rings is 1. The number of carbonyl (C=O) groups is 1. The maximum absolute atomic E-state index is 12.6. The molecule has 0 saturated carbocycles. The van der Waals surface area contributed by atoms with Crippen LogP contribution in [0.1, 0.15) is 11.1 Å². The second-order valence-electron chi connectivity index (χ2n) is 7.22. The van der Waals surface area contributed by atoms with Crippen molar-refractivity contribution in [2.45, 2.75) is 18.4 Å². The molecule has 0 radical (unpaired) electrons. The summed E-state index contributed by atoms with van der Waals surface area (Å²) in [6.45, 7) is 5.61. The summed E-state index contributed by atoms with van der Waals surface area (Å²) in [5, 5.41) is 0. The standard InChI is InChI=1S/C21H27N3O3S/c1-18-7-6-8-19(15-18)16-23-11-13-24(14-12-23)21(25)17-22(2)28(26,27)20-9-4-3-5-10-20/h3-10,15H,11-14,16-17H2,1-2H3. The third kappa shape index (κ3) is 4.98. The molecule has 2 aromatic carbocycles. The first kappa shape index (κ1) is 20.5. The van der Waals surface area contributed by atoms with Crippen LogP contribution in [0, 0.1) is 6.92 Å². The molecular formula is C21H27N3O3S. The monoisotopic (exact) mass is 401 g/mol. The highest BCUT2D eigenvalue weighted by atomic mass is 32.2. The zero-order valence-corrected chi connectivity index (χ0v) is 17.2. The van der Waals surface area contributed by atoms with Crippen LogP contribution < -0.4 is 0 Å². The van der Waals surface area contributed by atoms with Crippen LogP contribution in [0.25, 0.3) is 0 Å². The molecule has 1 heterocycles. The Labute approximate surface area is 167 Å². The molecule has 150 valence electrons. The lowest BCUT2D eigenvalue weighted by atomic mass is 10.1. The minimum absolute atomic E-state index is 0.144. The second kappa shape index (κ2) is 8.86. The van der Waals surface area contributed by atoms with Gasteiger partial charge in [-0.1, -0.05) is 48.0 Å². The van der Waals surface area contributed by atoms with Crippen molar-refractivity contribution in [3.8, 4) is 0 Å². The number of sulfonamides is 1. The van der Waals surface area contributed by atoms with Gasteiger partial charge in [-0.2, -0.15) is 4.31 Å². The minimum atomic E-state index is -3.65. The molecule has 0 N–H and O–H groups in total. The van der Waals surface area contributed by atoms with Crippen LogP contribution in [-0.4, -0.2) is 68.2 Å². The molecule has 1 aliphatic rings. The van der Waals surface area contributed by atoms with Crippen LogP contribution in [0.15, 0.2) is 59.5 Å². The van der Waals surface area contributed by atoms with E-state index in [-0.39, 0.29) is 17.3 Å². The van der Waals surface area contributed by atoms with E-state index >= 15 is 0 Å². The molecule has 0 spiro atoms. The number of rotatable bonds is 6.